The van der Waals surface area contributed by atoms with Gasteiger partial charge in [-0.25, -0.2) is 17.5 Å². The Morgan fingerprint density at radius 1 is 1.53 bits per heavy atom. The Hall–Kier alpha value is -1.65. The molecule has 0 amide bonds. The van der Waals surface area contributed by atoms with Crippen molar-refractivity contribution in [2.45, 2.75) is 11.8 Å². The van der Waals surface area contributed by atoms with E-state index in [-0.39, 0.29) is 22.8 Å². The lowest BCUT2D eigenvalue weighted by molar-refractivity contribution is 0.383. The van der Waals surface area contributed by atoms with E-state index >= 15 is 0 Å². The van der Waals surface area contributed by atoms with E-state index in [9.17, 15) is 12.8 Å². The maximum Gasteiger partial charge on any atom is 0.242 e. The molecule has 0 fully saturated rings. The highest BCUT2D eigenvalue weighted by atomic mass is 32.2. The van der Waals surface area contributed by atoms with Gasteiger partial charge in [-0.3, -0.25) is 0 Å². The van der Waals surface area contributed by atoms with Crippen LogP contribution in [0.2, 0.25) is 0 Å². The highest BCUT2D eigenvalue weighted by molar-refractivity contribution is 7.89. The summed E-state index contributed by atoms with van der Waals surface area (Å²) in [4.78, 5) is -0.292. The minimum Gasteiger partial charge on any atom is -0.492 e. The van der Waals surface area contributed by atoms with Crippen molar-refractivity contribution in [2.75, 3.05) is 13.7 Å². The minimum absolute atomic E-state index is 0.174. The number of ether oxygens (including phenoxy) is 1. The van der Waals surface area contributed by atoms with Crippen molar-refractivity contribution in [3.63, 3.8) is 0 Å². The summed E-state index contributed by atoms with van der Waals surface area (Å²) < 4.78 is 43.7. The molecular weight excluding hydrogens is 247 g/mol. The van der Waals surface area contributed by atoms with E-state index in [1.807, 2.05) is 0 Å². The summed E-state index contributed by atoms with van der Waals surface area (Å²) in [5.74, 6) is -1.15. The van der Waals surface area contributed by atoms with Gasteiger partial charge in [-0.15, -0.1) is 0 Å². The van der Waals surface area contributed by atoms with E-state index in [2.05, 4.69) is 4.72 Å². The van der Waals surface area contributed by atoms with E-state index in [4.69, 9.17) is 10.00 Å². The molecule has 0 heterocycles. The van der Waals surface area contributed by atoms with Crippen molar-refractivity contribution in [3.05, 3.63) is 23.5 Å². The number of rotatable bonds is 4. The summed E-state index contributed by atoms with van der Waals surface area (Å²) in [7, 11) is -2.65. The largest absolute Gasteiger partial charge is 0.492 e. The lowest BCUT2D eigenvalue weighted by Crippen LogP contribution is -2.24. The first-order valence-corrected chi connectivity index (χ1v) is 6.22. The lowest BCUT2D eigenvalue weighted by Gasteiger charge is -2.10. The summed E-state index contributed by atoms with van der Waals surface area (Å²) in [6.07, 6.45) is 0. The molecule has 0 unspecified atom stereocenters. The summed E-state index contributed by atoms with van der Waals surface area (Å²) >= 11 is 0. The van der Waals surface area contributed by atoms with Gasteiger partial charge in [-0.2, -0.15) is 5.26 Å². The molecule has 0 aliphatic heterocycles. The molecule has 0 bridgehead atoms. The van der Waals surface area contributed by atoms with Gasteiger partial charge < -0.3 is 4.74 Å². The number of nitrogens with one attached hydrogen (secondary N) is 1. The molecule has 7 heteroatoms. The fourth-order valence-corrected chi connectivity index (χ4v) is 2.53. The van der Waals surface area contributed by atoms with Gasteiger partial charge in [-0.05, 0) is 12.1 Å². The van der Waals surface area contributed by atoms with Crippen molar-refractivity contribution in [1.82, 2.24) is 4.72 Å². The van der Waals surface area contributed by atoms with Gasteiger partial charge in [0.1, 0.15) is 16.5 Å². The van der Waals surface area contributed by atoms with Crippen molar-refractivity contribution < 1.29 is 17.5 Å². The number of benzene rings is 1. The van der Waals surface area contributed by atoms with Crippen LogP contribution >= 0.6 is 0 Å². The standard InChI is InChI=1S/C10H11FN2O3S/c1-3-13-17(14,15)9-5-4-8(11)10(16-2)7(9)6-12/h4-5,13H,3H2,1-2H3. The zero-order chi connectivity index (χ0) is 13.1. The van der Waals surface area contributed by atoms with Crippen LogP contribution in [0.4, 0.5) is 4.39 Å². The Labute approximate surface area is 98.9 Å². The van der Waals surface area contributed by atoms with Gasteiger partial charge in [0, 0.05) is 6.54 Å². The number of halogens is 1. The van der Waals surface area contributed by atoms with E-state index < -0.39 is 15.8 Å². The van der Waals surface area contributed by atoms with Crippen molar-refractivity contribution >= 4 is 10.0 Å². The molecule has 1 N–H and O–H groups in total. The SMILES string of the molecule is CCNS(=O)(=O)c1ccc(F)c(OC)c1C#N. The zero-order valence-corrected chi connectivity index (χ0v) is 10.1. The predicted molar refractivity (Wildman–Crippen MR) is 58.5 cm³/mol. The van der Waals surface area contributed by atoms with Crippen LogP contribution < -0.4 is 9.46 Å². The average Bonchev–Trinajstić information content (AvgIpc) is 2.27. The maximum absolute atomic E-state index is 13.3. The normalized spacial score (nSPS) is 10.9. The summed E-state index contributed by atoms with van der Waals surface area (Å²) in [5, 5.41) is 8.90. The summed E-state index contributed by atoms with van der Waals surface area (Å²) in [6, 6.07) is 3.62. The number of nitriles is 1. The number of nitrogens with zero attached hydrogens (tertiary/aromatic N) is 1. The van der Waals surface area contributed by atoms with Crippen molar-refractivity contribution in [3.8, 4) is 11.8 Å². The molecule has 0 aromatic heterocycles. The molecule has 0 saturated heterocycles. The molecule has 0 atom stereocenters. The maximum atomic E-state index is 13.3. The summed E-state index contributed by atoms with van der Waals surface area (Å²) in [6.45, 7) is 1.78. The number of methoxy groups -OCH3 is 1. The predicted octanol–water partition coefficient (Wildman–Crippen LogP) is 1.00. The van der Waals surface area contributed by atoms with Crippen LogP contribution in [0.15, 0.2) is 17.0 Å². The van der Waals surface area contributed by atoms with E-state index in [1.165, 1.54) is 7.11 Å². The fourth-order valence-electron chi connectivity index (χ4n) is 1.34. The van der Waals surface area contributed by atoms with Gasteiger partial charge in [0.2, 0.25) is 10.0 Å². The van der Waals surface area contributed by atoms with Gasteiger partial charge >= 0.3 is 0 Å². The van der Waals surface area contributed by atoms with Crippen LogP contribution in [0.3, 0.4) is 0 Å². The molecule has 92 valence electrons. The molecule has 0 spiro atoms. The summed E-state index contributed by atoms with van der Waals surface area (Å²) in [5.41, 5.74) is -0.339. The monoisotopic (exact) mass is 258 g/mol. The Balaban J connectivity index is 3.52. The Bertz CT molecular complexity index is 564. The molecule has 1 aromatic carbocycles. The van der Waals surface area contributed by atoms with Gasteiger partial charge in [0.05, 0.1) is 7.11 Å². The third kappa shape index (κ3) is 2.54. The van der Waals surface area contributed by atoms with Crippen LogP contribution in [0.1, 0.15) is 12.5 Å². The molecule has 0 saturated carbocycles. The fraction of sp³-hybridized carbons (Fsp3) is 0.300. The van der Waals surface area contributed by atoms with Gasteiger partial charge in [0.25, 0.3) is 0 Å². The van der Waals surface area contributed by atoms with Crippen molar-refractivity contribution in [1.29, 1.82) is 5.26 Å². The van der Waals surface area contributed by atoms with Crippen LogP contribution in [-0.4, -0.2) is 22.1 Å². The third-order valence-corrected chi connectivity index (χ3v) is 3.60. The lowest BCUT2D eigenvalue weighted by atomic mass is 10.2. The quantitative estimate of drug-likeness (QED) is 0.874. The zero-order valence-electron chi connectivity index (χ0n) is 9.32. The molecule has 0 aliphatic carbocycles. The molecule has 0 aliphatic rings. The second kappa shape index (κ2) is 5.12. The molecule has 1 rings (SSSR count). The second-order valence-corrected chi connectivity index (χ2v) is 4.80. The van der Waals surface area contributed by atoms with Crippen LogP contribution in [-0.2, 0) is 10.0 Å². The topological polar surface area (TPSA) is 79.2 Å². The van der Waals surface area contributed by atoms with Crippen LogP contribution in [0, 0.1) is 17.1 Å². The highest BCUT2D eigenvalue weighted by Crippen LogP contribution is 2.27. The first kappa shape index (κ1) is 13.4. The number of hydrogen-bond donors (Lipinski definition) is 1. The Morgan fingerprint density at radius 3 is 2.65 bits per heavy atom. The molecular formula is C10H11FN2O3S. The van der Waals surface area contributed by atoms with E-state index in [1.54, 1.807) is 13.0 Å². The van der Waals surface area contributed by atoms with Crippen molar-refractivity contribution in [2.24, 2.45) is 0 Å². The van der Waals surface area contributed by atoms with E-state index in [0.29, 0.717) is 0 Å². The van der Waals surface area contributed by atoms with Crippen LogP contribution in [0.25, 0.3) is 0 Å². The van der Waals surface area contributed by atoms with Crippen LogP contribution in [0.5, 0.6) is 5.75 Å². The average molecular weight is 258 g/mol. The number of sulfonamides is 1. The molecule has 1 aromatic rings. The van der Waals surface area contributed by atoms with Gasteiger partial charge in [-0.1, -0.05) is 6.92 Å². The first-order valence-electron chi connectivity index (χ1n) is 4.74. The molecule has 0 radical (unpaired) electrons. The second-order valence-electron chi connectivity index (χ2n) is 3.07. The van der Waals surface area contributed by atoms with E-state index in [0.717, 1.165) is 12.1 Å². The first-order chi connectivity index (χ1) is 7.97. The third-order valence-electron chi connectivity index (χ3n) is 2.01. The molecule has 17 heavy (non-hydrogen) atoms. The number of hydrogen-bond acceptors (Lipinski definition) is 4. The minimum atomic E-state index is -3.82. The Morgan fingerprint density at radius 2 is 2.18 bits per heavy atom. The smallest absolute Gasteiger partial charge is 0.242 e. The Kier molecular flexibility index (Phi) is 4.04. The van der Waals surface area contributed by atoms with Gasteiger partial charge in [0.15, 0.2) is 11.6 Å². The molecule has 5 nitrogen and oxygen atoms in total. The highest BCUT2D eigenvalue weighted by Gasteiger charge is 2.23.